The molecule has 0 nitrogen and oxygen atoms in total. The second kappa shape index (κ2) is 5.36. The Labute approximate surface area is 106 Å². The quantitative estimate of drug-likeness (QED) is 0.684. The lowest BCUT2D eigenvalue weighted by molar-refractivity contribution is 0.369. The first-order valence-corrected chi connectivity index (χ1v) is 6.48. The van der Waals surface area contributed by atoms with E-state index >= 15 is 0 Å². The Morgan fingerprint density at radius 3 is 2.53 bits per heavy atom. The molecular formula is C13H18BrCl. The highest BCUT2D eigenvalue weighted by Gasteiger charge is 2.16. The number of alkyl halides is 1. The van der Waals surface area contributed by atoms with Gasteiger partial charge in [-0.3, -0.25) is 0 Å². The Kier molecular flexibility index (Phi) is 4.66. The van der Waals surface area contributed by atoms with Gasteiger partial charge in [-0.2, -0.15) is 0 Å². The van der Waals surface area contributed by atoms with Crippen molar-refractivity contribution in [3.05, 3.63) is 34.3 Å². The topological polar surface area (TPSA) is 0 Å². The zero-order chi connectivity index (χ0) is 11.5. The molecule has 0 heterocycles. The van der Waals surface area contributed by atoms with Crippen LogP contribution in [-0.4, -0.2) is 5.38 Å². The highest BCUT2D eigenvalue weighted by Crippen LogP contribution is 2.26. The van der Waals surface area contributed by atoms with Gasteiger partial charge < -0.3 is 0 Å². The van der Waals surface area contributed by atoms with Crippen LogP contribution in [0.15, 0.2) is 28.7 Å². The Morgan fingerprint density at radius 1 is 1.33 bits per heavy atom. The summed E-state index contributed by atoms with van der Waals surface area (Å²) in [6.45, 7) is 6.68. The van der Waals surface area contributed by atoms with Crippen LogP contribution in [0.25, 0.3) is 0 Å². The van der Waals surface area contributed by atoms with E-state index in [2.05, 4.69) is 54.9 Å². The molecule has 0 radical (unpaired) electrons. The van der Waals surface area contributed by atoms with Gasteiger partial charge in [-0.15, -0.1) is 11.6 Å². The maximum Gasteiger partial charge on any atom is 0.0381 e. The van der Waals surface area contributed by atoms with E-state index in [9.17, 15) is 0 Å². The Hall–Kier alpha value is -0.0100. The molecule has 0 bridgehead atoms. The van der Waals surface area contributed by atoms with Crippen molar-refractivity contribution >= 4 is 27.5 Å². The molecule has 0 aromatic heterocycles. The minimum Gasteiger partial charge on any atom is -0.123 e. The molecule has 0 saturated carbocycles. The van der Waals surface area contributed by atoms with Crippen molar-refractivity contribution in [2.24, 2.45) is 5.41 Å². The molecule has 0 aliphatic carbocycles. The van der Waals surface area contributed by atoms with Crippen molar-refractivity contribution < 1.29 is 0 Å². The molecule has 0 amide bonds. The molecule has 15 heavy (non-hydrogen) atoms. The van der Waals surface area contributed by atoms with Crippen LogP contribution in [-0.2, 0) is 6.42 Å². The number of rotatable bonds is 3. The number of halogens is 2. The first kappa shape index (κ1) is 13.1. The van der Waals surface area contributed by atoms with Crippen LogP contribution in [0, 0.1) is 5.41 Å². The first-order chi connectivity index (χ1) is 6.87. The van der Waals surface area contributed by atoms with Crippen molar-refractivity contribution in [3.63, 3.8) is 0 Å². The van der Waals surface area contributed by atoms with Crippen LogP contribution in [0.4, 0.5) is 0 Å². The van der Waals surface area contributed by atoms with Gasteiger partial charge in [-0.1, -0.05) is 48.8 Å². The van der Waals surface area contributed by atoms with Gasteiger partial charge in [0, 0.05) is 9.85 Å². The summed E-state index contributed by atoms with van der Waals surface area (Å²) in [6, 6.07) is 8.36. The summed E-state index contributed by atoms with van der Waals surface area (Å²) >= 11 is 9.81. The molecule has 84 valence electrons. The van der Waals surface area contributed by atoms with E-state index in [4.69, 9.17) is 11.6 Å². The average molecular weight is 290 g/mol. The molecule has 0 fully saturated rings. The normalized spacial score (nSPS) is 13.9. The lowest BCUT2D eigenvalue weighted by Gasteiger charge is -2.21. The summed E-state index contributed by atoms with van der Waals surface area (Å²) in [6.07, 6.45) is 1.99. The lowest BCUT2D eigenvalue weighted by atomic mass is 9.88. The SMILES string of the molecule is CC(C)(C)CC(Cl)Cc1cccc(Br)c1. The van der Waals surface area contributed by atoms with Crippen LogP contribution in [0.5, 0.6) is 0 Å². The van der Waals surface area contributed by atoms with Gasteiger partial charge in [0.05, 0.1) is 0 Å². The maximum atomic E-state index is 6.34. The van der Waals surface area contributed by atoms with Crippen LogP contribution in [0.3, 0.4) is 0 Å². The maximum absolute atomic E-state index is 6.34. The molecule has 1 unspecified atom stereocenters. The van der Waals surface area contributed by atoms with E-state index in [1.54, 1.807) is 0 Å². The van der Waals surface area contributed by atoms with Crippen molar-refractivity contribution in [2.45, 2.75) is 39.0 Å². The van der Waals surface area contributed by atoms with E-state index < -0.39 is 0 Å². The molecule has 0 saturated heterocycles. The van der Waals surface area contributed by atoms with E-state index in [0.717, 1.165) is 17.3 Å². The van der Waals surface area contributed by atoms with Gasteiger partial charge in [0.1, 0.15) is 0 Å². The van der Waals surface area contributed by atoms with E-state index in [1.165, 1.54) is 5.56 Å². The van der Waals surface area contributed by atoms with Crippen molar-refractivity contribution in [3.8, 4) is 0 Å². The van der Waals surface area contributed by atoms with Crippen LogP contribution in [0.2, 0.25) is 0 Å². The van der Waals surface area contributed by atoms with E-state index in [0.29, 0.717) is 5.41 Å². The second-order valence-electron chi connectivity index (χ2n) is 5.20. The van der Waals surface area contributed by atoms with E-state index in [-0.39, 0.29) is 5.38 Å². The molecule has 1 atom stereocenters. The largest absolute Gasteiger partial charge is 0.123 e. The minimum atomic E-state index is 0.222. The van der Waals surface area contributed by atoms with Crippen LogP contribution >= 0.6 is 27.5 Å². The van der Waals surface area contributed by atoms with Crippen molar-refractivity contribution in [1.29, 1.82) is 0 Å². The van der Waals surface area contributed by atoms with Crippen molar-refractivity contribution in [1.82, 2.24) is 0 Å². The third-order valence-electron chi connectivity index (χ3n) is 2.18. The van der Waals surface area contributed by atoms with Gasteiger partial charge in [-0.25, -0.2) is 0 Å². The fourth-order valence-corrected chi connectivity index (χ4v) is 2.74. The monoisotopic (exact) mass is 288 g/mol. The van der Waals surface area contributed by atoms with Crippen molar-refractivity contribution in [2.75, 3.05) is 0 Å². The third kappa shape index (κ3) is 5.58. The summed E-state index contributed by atoms with van der Waals surface area (Å²) < 4.78 is 1.12. The highest BCUT2D eigenvalue weighted by molar-refractivity contribution is 9.10. The lowest BCUT2D eigenvalue weighted by Crippen LogP contribution is -2.15. The number of hydrogen-bond acceptors (Lipinski definition) is 0. The van der Waals surface area contributed by atoms with Gasteiger partial charge in [0.2, 0.25) is 0 Å². The molecule has 1 aromatic carbocycles. The molecule has 0 N–H and O–H groups in total. The van der Waals surface area contributed by atoms with Gasteiger partial charge >= 0.3 is 0 Å². The van der Waals surface area contributed by atoms with Gasteiger partial charge in [0.15, 0.2) is 0 Å². The molecular weight excluding hydrogens is 272 g/mol. The second-order valence-corrected chi connectivity index (χ2v) is 6.73. The average Bonchev–Trinajstić information content (AvgIpc) is 1.99. The summed E-state index contributed by atoms with van der Waals surface area (Å²) in [5, 5.41) is 0.222. The van der Waals surface area contributed by atoms with Gasteiger partial charge in [-0.05, 0) is 36.0 Å². The number of hydrogen-bond donors (Lipinski definition) is 0. The summed E-state index contributed by atoms with van der Waals surface area (Å²) in [5.41, 5.74) is 1.60. The van der Waals surface area contributed by atoms with E-state index in [1.807, 2.05) is 6.07 Å². The smallest absolute Gasteiger partial charge is 0.0381 e. The van der Waals surface area contributed by atoms with Crippen LogP contribution in [0.1, 0.15) is 32.8 Å². The Balaban J connectivity index is 2.55. The molecule has 1 rings (SSSR count). The molecule has 0 aliphatic heterocycles. The Bertz CT molecular complexity index is 315. The van der Waals surface area contributed by atoms with Gasteiger partial charge in [0.25, 0.3) is 0 Å². The molecule has 0 aliphatic rings. The predicted octanol–water partition coefficient (Wildman–Crippen LogP) is 5.04. The highest BCUT2D eigenvalue weighted by atomic mass is 79.9. The minimum absolute atomic E-state index is 0.222. The zero-order valence-corrected chi connectivity index (χ0v) is 11.9. The summed E-state index contributed by atoms with van der Waals surface area (Å²) in [4.78, 5) is 0. The summed E-state index contributed by atoms with van der Waals surface area (Å²) in [5.74, 6) is 0. The fourth-order valence-electron chi connectivity index (χ4n) is 1.66. The standard InChI is InChI=1S/C13H18BrCl/c1-13(2,3)9-12(15)8-10-5-4-6-11(14)7-10/h4-7,12H,8-9H2,1-3H3. The fraction of sp³-hybridized carbons (Fsp3) is 0.538. The third-order valence-corrected chi connectivity index (χ3v) is 2.98. The first-order valence-electron chi connectivity index (χ1n) is 5.25. The summed E-state index contributed by atoms with van der Waals surface area (Å²) in [7, 11) is 0. The zero-order valence-electron chi connectivity index (χ0n) is 9.56. The Morgan fingerprint density at radius 2 is 2.00 bits per heavy atom. The number of benzene rings is 1. The molecule has 2 heteroatoms. The van der Waals surface area contributed by atoms with Crippen LogP contribution < -0.4 is 0 Å². The molecule has 1 aromatic rings. The predicted molar refractivity (Wildman–Crippen MR) is 71.6 cm³/mol. The molecule has 0 spiro atoms.